The molecular weight excluding hydrogens is 338 g/mol. The molecule has 1 aromatic carbocycles. The van der Waals surface area contributed by atoms with Gasteiger partial charge in [0.05, 0.1) is 23.8 Å². The van der Waals surface area contributed by atoms with E-state index in [4.69, 9.17) is 19.0 Å². The van der Waals surface area contributed by atoms with Crippen molar-refractivity contribution >= 4 is 11.9 Å². The second-order valence-electron chi connectivity index (χ2n) is 6.26. The lowest BCUT2D eigenvalue weighted by Crippen LogP contribution is -2.51. The summed E-state index contributed by atoms with van der Waals surface area (Å²) in [5.41, 5.74) is 0.700. The number of amides is 1. The van der Waals surface area contributed by atoms with Gasteiger partial charge in [-0.3, -0.25) is 4.79 Å². The van der Waals surface area contributed by atoms with E-state index in [-0.39, 0.29) is 23.6 Å². The normalized spacial score (nSPS) is 19.8. The van der Waals surface area contributed by atoms with E-state index in [9.17, 15) is 9.59 Å². The molecule has 0 unspecified atom stereocenters. The number of furan rings is 1. The number of nitrogens with one attached hydrogen (secondary N) is 1. The predicted octanol–water partition coefficient (Wildman–Crippen LogP) is 2.56. The van der Waals surface area contributed by atoms with Crippen molar-refractivity contribution in [3.8, 4) is 5.75 Å². The molecule has 1 aliphatic heterocycles. The zero-order chi connectivity index (χ0) is 18.7. The van der Waals surface area contributed by atoms with E-state index in [0.717, 1.165) is 0 Å². The van der Waals surface area contributed by atoms with E-state index in [1.54, 1.807) is 32.0 Å². The minimum Gasteiger partial charge on any atom is -0.486 e. The number of aryl methyl sites for hydroxylation is 2. The van der Waals surface area contributed by atoms with Gasteiger partial charge in [-0.15, -0.1) is 0 Å². The second kappa shape index (κ2) is 7.61. The highest BCUT2D eigenvalue weighted by Gasteiger charge is 2.30. The first-order chi connectivity index (χ1) is 12.4. The maximum Gasteiger partial charge on any atom is 0.335 e. The fourth-order valence-electron chi connectivity index (χ4n) is 2.95. The fraction of sp³-hybridized carbons (Fsp3) is 0.368. The van der Waals surface area contributed by atoms with Crippen LogP contribution in [0.4, 0.5) is 0 Å². The van der Waals surface area contributed by atoms with E-state index >= 15 is 0 Å². The van der Waals surface area contributed by atoms with Gasteiger partial charge in [0.1, 0.15) is 23.4 Å². The van der Waals surface area contributed by atoms with Gasteiger partial charge >= 0.3 is 5.97 Å². The summed E-state index contributed by atoms with van der Waals surface area (Å²) in [6.07, 6.45) is 0.260. The molecule has 0 saturated carbocycles. The standard InChI is InChI=1S/C19H21NO6/c1-11-9-15(12(2)25-11)18(21)20-16-7-8-24-10-17(16)26-14-5-3-13(4-6-14)19(22)23/h3-6,9,16-17H,7-8,10H2,1-2H3,(H,20,21)(H,22,23)/t16-,17-/m1/s1. The molecule has 1 aliphatic rings. The molecule has 1 saturated heterocycles. The molecule has 1 amide bonds. The Morgan fingerprint density at radius 2 is 1.96 bits per heavy atom. The third kappa shape index (κ3) is 4.05. The van der Waals surface area contributed by atoms with Gasteiger partial charge in [0.15, 0.2) is 0 Å². The van der Waals surface area contributed by atoms with Crippen LogP contribution in [0.15, 0.2) is 34.7 Å². The second-order valence-corrected chi connectivity index (χ2v) is 6.26. The maximum absolute atomic E-state index is 12.5. The number of ether oxygens (including phenoxy) is 2. The summed E-state index contributed by atoms with van der Waals surface area (Å²) in [5.74, 6) is 0.592. The van der Waals surface area contributed by atoms with Crippen molar-refractivity contribution in [3.05, 3.63) is 53.0 Å². The van der Waals surface area contributed by atoms with Gasteiger partial charge in [-0.05, 0) is 50.6 Å². The first-order valence-electron chi connectivity index (χ1n) is 8.39. The van der Waals surface area contributed by atoms with Crippen molar-refractivity contribution in [1.82, 2.24) is 5.32 Å². The van der Waals surface area contributed by atoms with E-state index in [0.29, 0.717) is 42.5 Å². The summed E-state index contributed by atoms with van der Waals surface area (Å²) in [6.45, 7) is 4.43. The first kappa shape index (κ1) is 18.0. The van der Waals surface area contributed by atoms with Crippen molar-refractivity contribution in [3.63, 3.8) is 0 Å². The average Bonchev–Trinajstić information content (AvgIpc) is 2.95. The molecule has 26 heavy (non-hydrogen) atoms. The highest BCUT2D eigenvalue weighted by molar-refractivity contribution is 5.95. The number of benzene rings is 1. The Bertz CT molecular complexity index is 795. The predicted molar refractivity (Wildman–Crippen MR) is 92.7 cm³/mol. The molecular formula is C19H21NO6. The molecule has 3 rings (SSSR count). The quantitative estimate of drug-likeness (QED) is 0.851. The van der Waals surface area contributed by atoms with Gasteiger partial charge in [0, 0.05) is 6.61 Å². The van der Waals surface area contributed by atoms with E-state index in [1.807, 2.05) is 0 Å². The SMILES string of the molecule is Cc1cc(C(=O)N[C@@H]2CCOC[C@H]2Oc2ccc(C(=O)O)cc2)c(C)o1. The zero-order valence-corrected chi connectivity index (χ0v) is 14.7. The number of rotatable bonds is 5. The Hall–Kier alpha value is -2.80. The Balaban J connectivity index is 1.68. The van der Waals surface area contributed by atoms with Crippen molar-refractivity contribution < 1.29 is 28.6 Å². The lowest BCUT2D eigenvalue weighted by Gasteiger charge is -2.32. The Morgan fingerprint density at radius 1 is 1.23 bits per heavy atom. The molecule has 2 heterocycles. The Morgan fingerprint density at radius 3 is 2.58 bits per heavy atom. The molecule has 2 atom stereocenters. The lowest BCUT2D eigenvalue weighted by atomic mass is 10.0. The molecule has 2 N–H and O–H groups in total. The van der Waals surface area contributed by atoms with Gasteiger partial charge in [0.2, 0.25) is 0 Å². The molecule has 0 spiro atoms. The highest BCUT2D eigenvalue weighted by Crippen LogP contribution is 2.20. The van der Waals surface area contributed by atoms with Gasteiger partial charge in [-0.1, -0.05) is 0 Å². The first-order valence-corrected chi connectivity index (χ1v) is 8.39. The number of hydrogen-bond donors (Lipinski definition) is 2. The minimum absolute atomic E-state index is 0.188. The molecule has 0 bridgehead atoms. The lowest BCUT2D eigenvalue weighted by molar-refractivity contribution is -0.0135. The van der Waals surface area contributed by atoms with Gasteiger partial charge in [-0.25, -0.2) is 4.79 Å². The van der Waals surface area contributed by atoms with Crippen LogP contribution in [-0.2, 0) is 4.74 Å². The number of carbonyl (C=O) groups excluding carboxylic acids is 1. The van der Waals surface area contributed by atoms with Gasteiger partial charge in [-0.2, -0.15) is 0 Å². The third-order valence-corrected chi connectivity index (χ3v) is 4.29. The Kier molecular flexibility index (Phi) is 5.27. The van der Waals surface area contributed by atoms with Crippen LogP contribution in [0, 0.1) is 13.8 Å². The van der Waals surface area contributed by atoms with Crippen molar-refractivity contribution in [2.24, 2.45) is 0 Å². The van der Waals surface area contributed by atoms with E-state index < -0.39 is 5.97 Å². The zero-order valence-electron chi connectivity index (χ0n) is 14.7. The number of carboxylic acid groups (broad SMARTS) is 1. The monoisotopic (exact) mass is 359 g/mol. The minimum atomic E-state index is -0.992. The summed E-state index contributed by atoms with van der Waals surface area (Å²) < 4.78 is 16.8. The topological polar surface area (TPSA) is 98.0 Å². The van der Waals surface area contributed by atoms with E-state index in [2.05, 4.69) is 5.32 Å². The van der Waals surface area contributed by atoms with Gasteiger partial charge in [0.25, 0.3) is 5.91 Å². The number of carbonyl (C=O) groups is 2. The van der Waals surface area contributed by atoms with Crippen molar-refractivity contribution in [2.45, 2.75) is 32.4 Å². The summed E-state index contributed by atoms with van der Waals surface area (Å²) >= 11 is 0. The summed E-state index contributed by atoms with van der Waals surface area (Å²) in [5, 5.41) is 11.9. The van der Waals surface area contributed by atoms with Gasteiger partial charge < -0.3 is 24.3 Å². The Labute approximate surface area is 150 Å². The van der Waals surface area contributed by atoms with Crippen molar-refractivity contribution in [1.29, 1.82) is 0 Å². The molecule has 0 radical (unpaired) electrons. The van der Waals surface area contributed by atoms with Crippen LogP contribution in [0.1, 0.15) is 38.7 Å². The molecule has 0 aliphatic carbocycles. The number of carboxylic acids is 1. The van der Waals surface area contributed by atoms with Crippen LogP contribution in [-0.4, -0.2) is 42.3 Å². The van der Waals surface area contributed by atoms with Crippen LogP contribution < -0.4 is 10.1 Å². The van der Waals surface area contributed by atoms with Crippen LogP contribution in [0.2, 0.25) is 0 Å². The summed E-state index contributed by atoms with van der Waals surface area (Å²) in [6, 6.07) is 7.65. The smallest absolute Gasteiger partial charge is 0.335 e. The number of hydrogen-bond acceptors (Lipinski definition) is 5. The summed E-state index contributed by atoms with van der Waals surface area (Å²) in [4.78, 5) is 23.5. The van der Waals surface area contributed by atoms with Crippen LogP contribution in [0.5, 0.6) is 5.75 Å². The average molecular weight is 359 g/mol. The van der Waals surface area contributed by atoms with Crippen molar-refractivity contribution in [2.75, 3.05) is 13.2 Å². The number of aromatic carboxylic acids is 1. The third-order valence-electron chi connectivity index (χ3n) is 4.29. The fourth-order valence-corrected chi connectivity index (χ4v) is 2.95. The summed E-state index contributed by atoms with van der Waals surface area (Å²) in [7, 11) is 0. The molecule has 1 aromatic heterocycles. The molecule has 1 fully saturated rings. The highest BCUT2D eigenvalue weighted by atomic mass is 16.5. The molecule has 2 aromatic rings. The van der Waals surface area contributed by atoms with Crippen LogP contribution in [0.25, 0.3) is 0 Å². The molecule has 7 nitrogen and oxygen atoms in total. The van der Waals surface area contributed by atoms with Crippen LogP contribution in [0.3, 0.4) is 0 Å². The molecule has 7 heteroatoms. The van der Waals surface area contributed by atoms with E-state index in [1.165, 1.54) is 12.1 Å². The maximum atomic E-state index is 12.5. The largest absolute Gasteiger partial charge is 0.486 e. The van der Waals surface area contributed by atoms with Crippen LogP contribution >= 0.6 is 0 Å². The molecule has 138 valence electrons.